The number of aromatic amines is 1. The quantitative estimate of drug-likeness (QED) is 0.131. The van der Waals surface area contributed by atoms with Gasteiger partial charge in [-0.3, -0.25) is 9.09 Å². The molecule has 1 aromatic heterocycles. The van der Waals surface area contributed by atoms with Gasteiger partial charge in [-0.05, 0) is 18.3 Å². The van der Waals surface area contributed by atoms with E-state index in [0.29, 0.717) is 0 Å². The van der Waals surface area contributed by atoms with Crippen LogP contribution >= 0.6 is 47.9 Å². The van der Waals surface area contributed by atoms with Gasteiger partial charge in [-0.2, -0.15) is 8.62 Å². The number of rotatable bonds is 8. The summed E-state index contributed by atoms with van der Waals surface area (Å²) in [5, 5.41) is 20.8. The Bertz CT molecular complexity index is 1190. The lowest BCUT2D eigenvalue weighted by molar-refractivity contribution is -0.204. The van der Waals surface area contributed by atoms with Gasteiger partial charge in [0.1, 0.15) is 11.2 Å². The Balaban J connectivity index is 2.28. The molecule has 1 saturated heterocycles. The van der Waals surface area contributed by atoms with Gasteiger partial charge in [0.15, 0.2) is 17.1 Å². The maximum absolute atomic E-state index is 15.3. The molecule has 1 aliphatic heterocycles. The Labute approximate surface area is 187 Å². The monoisotopic (exact) mass is 558 g/mol. The molecule has 21 heteroatoms. The van der Waals surface area contributed by atoms with Crippen molar-refractivity contribution in [2.24, 2.45) is 0 Å². The van der Waals surface area contributed by atoms with E-state index in [1.807, 2.05) is 0 Å². The number of aliphatic hydroxyl groups excluding tert-OH is 1. The van der Waals surface area contributed by atoms with Crippen molar-refractivity contribution in [3.63, 3.8) is 0 Å². The number of hydrogen-bond acceptors (Lipinski definition) is 11. The van der Waals surface area contributed by atoms with E-state index in [4.69, 9.17) is 50.3 Å². The van der Waals surface area contributed by atoms with Crippen molar-refractivity contribution in [1.82, 2.24) is 9.55 Å². The summed E-state index contributed by atoms with van der Waals surface area (Å²) < 4.78 is 65.8. The largest absolute Gasteiger partial charge is 0.490 e. The normalized spacial score (nSPS) is 32.1. The summed E-state index contributed by atoms with van der Waals surface area (Å²) in [6.45, 7) is -1.74. The standard InChI is InChI=1S/C11H14FN2O13P3S2/c1-2-10(16)7(15)11(12,25-8(10)14-4-3-6(31)13-9(14)32)5-24-29(20,21)27-30(22,23)26-28(17,18)19/h1,3-4,7-8,15-16H,5H2,(H,20,21)(H,22,23)(H,13,31,32)(H2,17,18,19)/t7-,8-,10?,11-/m1/s1. The molecule has 1 aromatic rings. The molecule has 2 rings (SSSR count). The van der Waals surface area contributed by atoms with E-state index in [9.17, 15) is 28.8 Å². The average Bonchev–Trinajstić information content (AvgIpc) is 2.80. The van der Waals surface area contributed by atoms with E-state index < -0.39 is 53.9 Å². The van der Waals surface area contributed by atoms with Crippen molar-refractivity contribution in [2.45, 2.75) is 23.8 Å². The van der Waals surface area contributed by atoms with Crippen LogP contribution in [0.5, 0.6) is 0 Å². The fourth-order valence-corrected chi connectivity index (χ4v) is 5.94. The molecule has 180 valence electrons. The van der Waals surface area contributed by atoms with Crippen molar-refractivity contribution in [3.05, 3.63) is 21.7 Å². The molecule has 1 fully saturated rings. The molecule has 15 nitrogen and oxygen atoms in total. The molecule has 0 bridgehead atoms. The number of aliphatic hydroxyl groups is 2. The van der Waals surface area contributed by atoms with E-state index in [-0.39, 0.29) is 9.41 Å². The van der Waals surface area contributed by atoms with Crippen molar-refractivity contribution in [3.8, 4) is 12.3 Å². The molecule has 0 spiro atoms. The highest BCUT2D eigenvalue weighted by atomic mass is 32.1. The molecular weight excluding hydrogens is 544 g/mol. The maximum atomic E-state index is 15.3. The number of halogens is 1. The van der Waals surface area contributed by atoms with Crippen LogP contribution in [0, 0.1) is 21.8 Å². The summed E-state index contributed by atoms with van der Waals surface area (Å²) in [5.74, 6) is -1.81. The fraction of sp³-hybridized carbons (Fsp3) is 0.455. The molecule has 2 heterocycles. The summed E-state index contributed by atoms with van der Waals surface area (Å²) in [4.78, 5) is 38.0. The highest BCUT2D eigenvalue weighted by molar-refractivity contribution is 7.72. The Morgan fingerprint density at radius 2 is 1.84 bits per heavy atom. The second-order valence-electron chi connectivity index (χ2n) is 6.01. The van der Waals surface area contributed by atoms with E-state index >= 15 is 4.39 Å². The number of H-pyrrole nitrogens is 1. The van der Waals surface area contributed by atoms with Gasteiger partial charge in [-0.25, -0.2) is 18.1 Å². The molecule has 1 aliphatic rings. The first-order valence-corrected chi connectivity index (χ1v) is 13.0. The highest BCUT2D eigenvalue weighted by Crippen LogP contribution is 2.66. The number of phosphoric acid groups is 3. The van der Waals surface area contributed by atoms with Crippen LogP contribution in [0.2, 0.25) is 0 Å². The van der Waals surface area contributed by atoms with Crippen molar-refractivity contribution < 1.29 is 65.8 Å². The first kappa shape index (κ1) is 27.5. The second-order valence-corrected chi connectivity index (χ2v) is 11.3. The summed E-state index contributed by atoms with van der Waals surface area (Å²) in [5.41, 5.74) is -2.82. The van der Waals surface area contributed by atoms with Crippen molar-refractivity contribution in [1.29, 1.82) is 0 Å². The molecule has 0 saturated carbocycles. The average molecular weight is 558 g/mol. The number of nitrogens with one attached hydrogen (secondary N) is 1. The van der Waals surface area contributed by atoms with Crippen LogP contribution in [0.3, 0.4) is 0 Å². The predicted molar refractivity (Wildman–Crippen MR) is 104 cm³/mol. The summed E-state index contributed by atoms with van der Waals surface area (Å²) in [6, 6.07) is 1.25. The SMILES string of the molecule is C#CC1(O)[C@@H](O)[C@@](F)(COP(=O)(O)OP(=O)(O)OP(=O)(O)O)O[C@H]1n1ccc(=S)[nH]c1=S. The predicted octanol–water partition coefficient (Wildman–Crippen LogP) is 0.538. The van der Waals surface area contributed by atoms with Crippen LogP contribution in [0.15, 0.2) is 12.3 Å². The molecule has 0 radical (unpaired) electrons. The third-order valence-corrected chi connectivity index (χ3v) is 8.02. The van der Waals surface area contributed by atoms with Gasteiger partial charge < -0.3 is 39.5 Å². The highest BCUT2D eigenvalue weighted by Gasteiger charge is 2.65. The van der Waals surface area contributed by atoms with Crippen LogP contribution in [0.4, 0.5) is 4.39 Å². The van der Waals surface area contributed by atoms with Gasteiger partial charge in [0.05, 0.1) is 0 Å². The number of alkyl halides is 1. The minimum atomic E-state index is -5.88. The lowest BCUT2D eigenvalue weighted by atomic mass is 9.94. The number of hydrogen-bond donors (Lipinski definition) is 7. The lowest BCUT2D eigenvalue weighted by Crippen LogP contribution is -2.50. The summed E-state index contributed by atoms with van der Waals surface area (Å²) >= 11 is 9.82. The maximum Gasteiger partial charge on any atom is 0.490 e. The van der Waals surface area contributed by atoms with Gasteiger partial charge in [0.2, 0.25) is 5.60 Å². The summed E-state index contributed by atoms with van der Waals surface area (Å²) in [7, 11) is -17.3. The Morgan fingerprint density at radius 1 is 1.25 bits per heavy atom. The van der Waals surface area contributed by atoms with Gasteiger partial charge in [-0.15, -0.1) is 6.42 Å². The van der Waals surface area contributed by atoms with Gasteiger partial charge in [0.25, 0.3) is 5.85 Å². The smallest absolute Gasteiger partial charge is 0.383 e. The number of aromatic nitrogens is 2. The number of terminal acetylenes is 1. The molecule has 6 atom stereocenters. The number of ether oxygens (including phenoxy) is 1. The minimum Gasteiger partial charge on any atom is -0.383 e. The molecule has 32 heavy (non-hydrogen) atoms. The van der Waals surface area contributed by atoms with E-state index in [1.165, 1.54) is 6.07 Å². The zero-order chi connectivity index (χ0) is 24.8. The Morgan fingerprint density at radius 3 is 2.34 bits per heavy atom. The number of phosphoric ester groups is 1. The van der Waals surface area contributed by atoms with Crippen molar-refractivity contribution >= 4 is 47.9 Å². The van der Waals surface area contributed by atoms with E-state index in [2.05, 4.69) is 18.1 Å². The molecule has 7 N–H and O–H groups in total. The zero-order valence-corrected chi connectivity index (χ0v) is 19.4. The molecule has 0 aromatic carbocycles. The topological polar surface area (TPSA) is 230 Å². The first-order chi connectivity index (χ1) is 14.3. The van der Waals surface area contributed by atoms with Crippen LogP contribution < -0.4 is 0 Å². The minimum absolute atomic E-state index is 0.146. The van der Waals surface area contributed by atoms with Crippen LogP contribution in [0.1, 0.15) is 6.23 Å². The van der Waals surface area contributed by atoms with Crippen LogP contribution in [-0.2, 0) is 31.6 Å². The third kappa shape index (κ3) is 6.24. The second kappa shape index (κ2) is 9.16. The Kier molecular flexibility index (Phi) is 7.88. The van der Waals surface area contributed by atoms with Gasteiger partial charge in [0, 0.05) is 6.20 Å². The van der Waals surface area contributed by atoms with Gasteiger partial charge in [-0.1, -0.05) is 18.1 Å². The molecule has 0 amide bonds. The van der Waals surface area contributed by atoms with E-state index in [0.717, 1.165) is 10.8 Å². The van der Waals surface area contributed by atoms with Gasteiger partial charge >= 0.3 is 23.5 Å². The molecule has 3 unspecified atom stereocenters. The number of nitrogens with zero attached hydrogens (tertiary/aromatic N) is 1. The van der Waals surface area contributed by atoms with Crippen LogP contribution in [0.25, 0.3) is 0 Å². The zero-order valence-electron chi connectivity index (χ0n) is 15.1. The summed E-state index contributed by atoms with van der Waals surface area (Å²) in [6.07, 6.45) is 1.77. The third-order valence-electron chi connectivity index (χ3n) is 3.68. The van der Waals surface area contributed by atoms with Crippen molar-refractivity contribution in [2.75, 3.05) is 6.61 Å². The molecule has 0 aliphatic carbocycles. The molecular formula is C11H14FN2O13P3S2. The lowest BCUT2D eigenvalue weighted by Gasteiger charge is -2.27. The van der Waals surface area contributed by atoms with E-state index in [1.54, 1.807) is 5.92 Å². The fourth-order valence-electron chi connectivity index (χ4n) is 2.42. The van der Waals surface area contributed by atoms with Crippen LogP contribution in [-0.4, -0.2) is 63.5 Å². The Hall–Kier alpha value is -0.700. The first-order valence-electron chi connectivity index (χ1n) is 7.69.